The Hall–Kier alpha value is -1.99. The molecular weight excluding hydrogens is 307 g/mol. The lowest BCUT2D eigenvalue weighted by molar-refractivity contribution is 0.0718. The summed E-state index contributed by atoms with van der Waals surface area (Å²) in [5.41, 5.74) is 0.827. The van der Waals surface area contributed by atoms with E-state index >= 15 is 0 Å². The summed E-state index contributed by atoms with van der Waals surface area (Å²) >= 11 is 0. The normalized spacial score (nSPS) is 16.3. The largest absolute Gasteiger partial charge is 0.472 e. The summed E-state index contributed by atoms with van der Waals surface area (Å²) in [5.74, 6) is -0.278. The third-order valence-corrected chi connectivity index (χ3v) is 5.28. The van der Waals surface area contributed by atoms with Crippen LogP contribution in [0, 0.1) is 12.7 Å². The van der Waals surface area contributed by atoms with Crippen LogP contribution in [0.4, 0.5) is 4.39 Å². The van der Waals surface area contributed by atoms with Gasteiger partial charge in [0, 0.05) is 11.8 Å². The third kappa shape index (κ3) is 2.82. The van der Waals surface area contributed by atoms with E-state index in [2.05, 4.69) is 4.98 Å². The number of rotatable bonds is 4. The van der Waals surface area contributed by atoms with Gasteiger partial charge in [-0.1, -0.05) is 18.2 Å². The van der Waals surface area contributed by atoms with Gasteiger partial charge < -0.3 is 4.74 Å². The molecular formula is C15H15FN2O3S. The van der Waals surface area contributed by atoms with Crippen molar-refractivity contribution in [2.24, 2.45) is 0 Å². The number of aryl methyl sites for hydroxylation is 1. The molecule has 2 heterocycles. The Kier molecular flexibility index (Phi) is 3.84. The number of nitrogens with zero attached hydrogens (tertiary/aromatic N) is 2. The minimum atomic E-state index is -3.81. The number of benzene rings is 1. The molecule has 0 saturated carbocycles. The van der Waals surface area contributed by atoms with E-state index in [9.17, 15) is 12.8 Å². The van der Waals surface area contributed by atoms with Crippen LogP contribution in [0.1, 0.15) is 5.69 Å². The minimum Gasteiger partial charge on any atom is -0.472 e. The monoisotopic (exact) mass is 322 g/mol. The third-order valence-electron chi connectivity index (χ3n) is 3.42. The summed E-state index contributed by atoms with van der Waals surface area (Å²) < 4.78 is 45.1. The molecule has 0 radical (unpaired) electrons. The van der Waals surface area contributed by atoms with E-state index < -0.39 is 15.8 Å². The fourth-order valence-corrected chi connectivity index (χ4v) is 3.79. The van der Waals surface area contributed by atoms with Gasteiger partial charge in [0.25, 0.3) is 0 Å². The van der Waals surface area contributed by atoms with E-state index in [4.69, 9.17) is 4.74 Å². The van der Waals surface area contributed by atoms with Gasteiger partial charge in [0.05, 0.1) is 13.1 Å². The van der Waals surface area contributed by atoms with Gasteiger partial charge in [-0.05, 0) is 25.1 Å². The van der Waals surface area contributed by atoms with Gasteiger partial charge in [-0.15, -0.1) is 0 Å². The lowest BCUT2D eigenvalue weighted by Gasteiger charge is -2.37. The van der Waals surface area contributed by atoms with Crippen molar-refractivity contribution >= 4 is 10.0 Å². The van der Waals surface area contributed by atoms with Crippen molar-refractivity contribution in [1.29, 1.82) is 0 Å². The van der Waals surface area contributed by atoms with Crippen LogP contribution in [0.25, 0.3) is 0 Å². The molecule has 1 aliphatic heterocycles. The molecule has 116 valence electrons. The van der Waals surface area contributed by atoms with E-state index in [1.165, 1.54) is 22.5 Å². The zero-order valence-electron chi connectivity index (χ0n) is 11.9. The highest BCUT2D eigenvalue weighted by Crippen LogP contribution is 2.25. The number of ether oxygens (including phenoxy) is 1. The van der Waals surface area contributed by atoms with Crippen molar-refractivity contribution < 1.29 is 17.5 Å². The van der Waals surface area contributed by atoms with Crippen LogP contribution in [-0.4, -0.2) is 36.9 Å². The van der Waals surface area contributed by atoms with Gasteiger partial charge in [0.1, 0.15) is 16.8 Å². The standard InChI is InChI=1S/C15H15FN2O3S/c1-11-5-4-8-15(17-11)21-12-9-18(10-12)22(19,20)14-7-3-2-6-13(14)16/h2-8,12H,9-10H2,1H3. The summed E-state index contributed by atoms with van der Waals surface area (Å²) in [6.45, 7) is 2.22. The second kappa shape index (κ2) is 5.66. The van der Waals surface area contributed by atoms with Crippen molar-refractivity contribution in [2.75, 3.05) is 13.1 Å². The maximum atomic E-state index is 13.6. The van der Waals surface area contributed by atoms with Crippen molar-refractivity contribution in [1.82, 2.24) is 9.29 Å². The van der Waals surface area contributed by atoms with Gasteiger partial charge in [0.15, 0.2) is 0 Å². The number of hydrogen-bond acceptors (Lipinski definition) is 4. The predicted octanol–water partition coefficient (Wildman–Crippen LogP) is 1.98. The van der Waals surface area contributed by atoms with Gasteiger partial charge >= 0.3 is 0 Å². The maximum absolute atomic E-state index is 13.6. The Labute approximate surface area is 128 Å². The van der Waals surface area contributed by atoms with Gasteiger partial charge in [-0.25, -0.2) is 17.8 Å². The molecule has 0 unspecified atom stereocenters. The first kappa shape index (κ1) is 14.9. The van der Waals surface area contributed by atoms with Crippen LogP contribution in [0.15, 0.2) is 47.4 Å². The molecule has 3 rings (SSSR count). The van der Waals surface area contributed by atoms with E-state index in [0.29, 0.717) is 5.88 Å². The SMILES string of the molecule is Cc1cccc(OC2CN(S(=O)(=O)c3ccccc3F)C2)n1. The molecule has 0 amide bonds. The fourth-order valence-electron chi connectivity index (χ4n) is 2.22. The van der Waals surface area contributed by atoms with Crippen LogP contribution in [-0.2, 0) is 10.0 Å². The molecule has 1 saturated heterocycles. The summed E-state index contributed by atoms with van der Waals surface area (Å²) in [5, 5.41) is 0. The van der Waals surface area contributed by atoms with Gasteiger partial charge in [-0.3, -0.25) is 0 Å². The molecule has 0 aliphatic carbocycles. The topological polar surface area (TPSA) is 59.5 Å². The second-order valence-electron chi connectivity index (χ2n) is 5.11. The smallest absolute Gasteiger partial charge is 0.246 e. The first-order chi connectivity index (χ1) is 10.5. The maximum Gasteiger partial charge on any atom is 0.246 e. The lowest BCUT2D eigenvalue weighted by Crippen LogP contribution is -2.56. The quantitative estimate of drug-likeness (QED) is 0.864. The van der Waals surface area contributed by atoms with Crippen LogP contribution in [0.3, 0.4) is 0 Å². The summed E-state index contributed by atoms with van der Waals surface area (Å²) in [4.78, 5) is 3.90. The predicted molar refractivity (Wildman–Crippen MR) is 78.5 cm³/mol. The molecule has 0 spiro atoms. The molecule has 0 atom stereocenters. The molecule has 1 fully saturated rings. The lowest BCUT2D eigenvalue weighted by atomic mass is 10.2. The zero-order chi connectivity index (χ0) is 15.7. The number of halogens is 1. The highest BCUT2D eigenvalue weighted by atomic mass is 32.2. The van der Waals surface area contributed by atoms with Crippen LogP contribution >= 0.6 is 0 Å². The van der Waals surface area contributed by atoms with E-state index in [1.807, 2.05) is 19.1 Å². The van der Waals surface area contributed by atoms with Crippen LogP contribution in [0.5, 0.6) is 5.88 Å². The van der Waals surface area contributed by atoms with E-state index in [1.54, 1.807) is 6.07 Å². The Bertz CT molecular complexity index is 789. The fraction of sp³-hybridized carbons (Fsp3) is 0.267. The molecule has 1 aromatic heterocycles. The molecule has 2 aromatic rings. The van der Waals surface area contributed by atoms with Crippen molar-refractivity contribution in [2.45, 2.75) is 17.9 Å². The molecule has 0 N–H and O–H groups in total. The van der Waals surface area contributed by atoms with Crippen LogP contribution < -0.4 is 4.74 Å². The Morgan fingerprint density at radius 3 is 2.59 bits per heavy atom. The molecule has 5 nitrogen and oxygen atoms in total. The van der Waals surface area contributed by atoms with E-state index in [0.717, 1.165) is 11.8 Å². The number of aromatic nitrogens is 1. The van der Waals surface area contributed by atoms with E-state index in [-0.39, 0.29) is 24.1 Å². The average Bonchev–Trinajstić information content (AvgIpc) is 2.42. The Balaban J connectivity index is 1.67. The highest BCUT2D eigenvalue weighted by Gasteiger charge is 2.39. The second-order valence-corrected chi connectivity index (χ2v) is 7.02. The first-order valence-corrected chi connectivity index (χ1v) is 8.26. The number of pyridine rings is 1. The molecule has 1 aromatic carbocycles. The summed E-state index contributed by atoms with van der Waals surface area (Å²) in [7, 11) is -3.81. The number of sulfonamides is 1. The Morgan fingerprint density at radius 1 is 1.18 bits per heavy atom. The molecule has 7 heteroatoms. The van der Waals surface area contributed by atoms with Gasteiger partial charge in [-0.2, -0.15) is 4.31 Å². The van der Waals surface area contributed by atoms with Crippen molar-refractivity contribution in [3.05, 3.63) is 54.0 Å². The van der Waals surface area contributed by atoms with Crippen molar-refractivity contribution in [3.63, 3.8) is 0 Å². The average molecular weight is 322 g/mol. The first-order valence-electron chi connectivity index (χ1n) is 6.82. The molecule has 1 aliphatic rings. The molecule has 22 heavy (non-hydrogen) atoms. The van der Waals surface area contributed by atoms with Crippen LogP contribution in [0.2, 0.25) is 0 Å². The van der Waals surface area contributed by atoms with Gasteiger partial charge in [0.2, 0.25) is 15.9 Å². The summed E-state index contributed by atoms with van der Waals surface area (Å²) in [6.07, 6.45) is -0.268. The highest BCUT2D eigenvalue weighted by molar-refractivity contribution is 7.89. The molecule has 0 bridgehead atoms. The van der Waals surface area contributed by atoms with Crippen molar-refractivity contribution in [3.8, 4) is 5.88 Å². The number of hydrogen-bond donors (Lipinski definition) is 0. The Morgan fingerprint density at radius 2 is 1.91 bits per heavy atom. The zero-order valence-corrected chi connectivity index (χ0v) is 12.8. The summed E-state index contributed by atoms with van der Waals surface area (Å²) in [6, 6.07) is 10.8. The minimum absolute atomic E-state index is 0.187.